The molecule has 8 heteroatoms. The number of anilines is 1. The van der Waals surface area contributed by atoms with Gasteiger partial charge < -0.3 is 20.3 Å². The second-order valence-electron chi connectivity index (χ2n) is 7.43. The summed E-state index contributed by atoms with van der Waals surface area (Å²) in [5.41, 5.74) is 9.43. The third-order valence-electron chi connectivity index (χ3n) is 5.66. The van der Waals surface area contributed by atoms with E-state index >= 15 is 0 Å². The average Bonchev–Trinajstić information content (AvgIpc) is 2.72. The number of fused-ring (bicyclic) bond motifs is 1. The summed E-state index contributed by atoms with van der Waals surface area (Å²) in [5.74, 6) is 1.72. The molecule has 2 aliphatic rings. The van der Waals surface area contributed by atoms with Crippen molar-refractivity contribution in [3.8, 4) is 5.75 Å². The van der Waals surface area contributed by atoms with Crippen LogP contribution in [0.1, 0.15) is 24.0 Å². The second-order valence-corrected chi connectivity index (χ2v) is 7.43. The molecule has 2 aliphatic heterocycles. The molecular formula is C21H29Cl2N5O. The summed E-state index contributed by atoms with van der Waals surface area (Å²) in [4.78, 5) is 8.43. The monoisotopic (exact) mass is 437 g/mol. The van der Waals surface area contributed by atoms with Crippen molar-refractivity contribution < 1.29 is 4.74 Å². The summed E-state index contributed by atoms with van der Waals surface area (Å²) in [5, 5.41) is 7.59. The smallest absolute Gasteiger partial charge is 0.188 e. The highest BCUT2D eigenvalue weighted by Crippen LogP contribution is 2.26. The Balaban J connectivity index is 0.00000150. The van der Waals surface area contributed by atoms with E-state index in [0.717, 1.165) is 57.8 Å². The summed E-state index contributed by atoms with van der Waals surface area (Å²) in [6.07, 6.45) is 6.94. The van der Waals surface area contributed by atoms with E-state index in [0.29, 0.717) is 5.92 Å². The van der Waals surface area contributed by atoms with Crippen LogP contribution in [-0.2, 0) is 13.0 Å². The van der Waals surface area contributed by atoms with Gasteiger partial charge in [0.25, 0.3) is 0 Å². The lowest BCUT2D eigenvalue weighted by molar-refractivity contribution is 0.222. The summed E-state index contributed by atoms with van der Waals surface area (Å²) in [6, 6.07) is 10.5. The first-order valence-corrected chi connectivity index (χ1v) is 9.67. The molecule has 0 amide bonds. The van der Waals surface area contributed by atoms with E-state index < -0.39 is 0 Å². The number of halogens is 2. The minimum Gasteiger partial charge on any atom is -0.493 e. The SMILES string of the molecule is Cl.Cl.N=C(N)N1CCc2cc(OCC3CCN(c4ccncc4)CC3)ccc2C1. The predicted octanol–water partition coefficient (Wildman–Crippen LogP) is 3.47. The zero-order valence-electron chi connectivity index (χ0n) is 16.4. The molecule has 0 spiro atoms. The largest absolute Gasteiger partial charge is 0.493 e. The van der Waals surface area contributed by atoms with Gasteiger partial charge >= 0.3 is 0 Å². The lowest BCUT2D eigenvalue weighted by atomic mass is 9.97. The van der Waals surface area contributed by atoms with Crippen molar-refractivity contribution in [3.05, 3.63) is 53.9 Å². The number of hydrogen-bond donors (Lipinski definition) is 2. The predicted molar refractivity (Wildman–Crippen MR) is 122 cm³/mol. The van der Waals surface area contributed by atoms with Crippen LogP contribution < -0.4 is 15.4 Å². The summed E-state index contributed by atoms with van der Waals surface area (Å²) >= 11 is 0. The molecular weight excluding hydrogens is 409 g/mol. The summed E-state index contributed by atoms with van der Waals surface area (Å²) in [7, 11) is 0. The number of hydrogen-bond acceptors (Lipinski definition) is 4. The standard InChI is InChI=1S/C21H27N5O.2ClH/c22-21(23)26-12-7-17-13-20(2-1-18(17)14-26)27-15-16-5-10-25(11-6-16)19-3-8-24-9-4-19;;/h1-4,8-9,13,16H,5-7,10-12,14-15H2,(H3,22,23);2*1H. The van der Waals surface area contributed by atoms with Crippen molar-refractivity contribution in [2.24, 2.45) is 11.7 Å². The molecule has 0 saturated carbocycles. The van der Waals surface area contributed by atoms with Crippen LogP contribution in [0.2, 0.25) is 0 Å². The van der Waals surface area contributed by atoms with Crippen molar-refractivity contribution in [1.29, 1.82) is 5.41 Å². The molecule has 0 aliphatic carbocycles. The van der Waals surface area contributed by atoms with Crippen LogP contribution in [0.4, 0.5) is 5.69 Å². The maximum Gasteiger partial charge on any atom is 0.188 e. The van der Waals surface area contributed by atoms with Gasteiger partial charge in [0.05, 0.1) is 6.61 Å². The first-order chi connectivity index (χ1) is 13.2. The third kappa shape index (κ3) is 5.67. The van der Waals surface area contributed by atoms with Gasteiger partial charge in [-0.1, -0.05) is 6.07 Å². The van der Waals surface area contributed by atoms with E-state index in [1.54, 1.807) is 0 Å². The highest BCUT2D eigenvalue weighted by Gasteiger charge is 2.21. The molecule has 1 saturated heterocycles. The van der Waals surface area contributed by atoms with E-state index in [-0.39, 0.29) is 30.8 Å². The van der Waals surface area contributed by atoms with Crippen LogP contribution in [0.25, 0.3) is 0 Å². The Morgan fingerprint density at radius 3 is 2.48 bits per heavy atom. The maximum atomic E-state index is 7.59. The minimum absolute atomic E-state index is 0. The molecule has 0 bridgehead atoms. The number of nitrogens with zero attached hydrogens (tertiary/aromatic N) is 3. The second kappa shape index (κ2) is 10.6. The quantitative estimate of drug-likeness (QED) is 0.565. The number of rotatable bonds is 4. The molecule has 6 nitrogen and oxygen atoms in total. The van der Waals surface area contributed by atoms with Gasteiger partial charge in [-0.15, -0.1) is 24.8 Å². The Labute approximate surface area is 184 Å². The molecule has 4 rings (SSSR count). The van der Waals surface area contributed by atoms with Crippen molar-refractivity contribution in [2.75, 3.05) is 31.1 Å². The van der Waals surface area contributed by atoms with Crippen molar-refractivity contribution in [1.82, 2.24) is 9.88 Å². The molecule has 0 atom stereocenters. The summed E-state index contributed by atoms with van der Waals surface area (Å²) < 4.78 is 6.12. The number of nitrogens with one attached hydrogen (secondary N) is 1. The Bertz CT molecular complexity index is 797. The fourth-order valence-electron chi connectivity index (χ4n) is 3.95. The van der Waals surface area contributed by atoms with Gasteiger partial charge in [-0.3, -0.25) is 10.4 Å². The van der Waals surface area contributed by atoms with Gasteiger partial charge in [0.1, 0.15) is 5.75 Å². The molecule has 2 aromatic rings. The van der Waals surface area contributed by atoms with E-state index in [1.807, 2.05) is 17.3 Å². The summed E-state index contributed by atoms with van der Waals surface area (Å²) in [6.45, 7) is 4.45. The number of aromatic nitrogens is 1. The van der Waals surface area contributed by atoms with Gasteiger partial charge in [-0.25, -0.2) is 0 Å². The van der Waals surface area contributed by atoms with Gasteiger partial charge in [0.15, 0.2) is 5.96 Å². The number of pyridine rings is 1. The fourth-order valence-corrected chi connectivity index (χ4v) is 3.95. The Morgan fingerprint density at radius 2 is 1.79 bits per heavy atom. The maximum absolute atomic E-state index is 7.59. The van der Waals surface area contributed by atoms with Gasteiger partial charge in [-0.05, 0) is 60.6 Å². The van der Waals surface area contributed by atoms with E-state index in [2.05, 4.69) is 40.2 Å². The topological polar surface area (TPSA) is 78.5 Å². The number of benzene rings is 1. The first-order valence-electron chi connectivity index (χ1n) is 9.67. The van der Waals surface area contributed by atoms with Crippen LogP contribution in [0, 0.1) is 11.3 Å². The van der Waals surface area contributed by atoms with Gasteiger partial charge in [0, 0.05) is 44.3 Å². The van der Waals surface area contributed by atoms with Crippen molar-refractivity contribution in [2.45, 2.75) is 25.8 Å². The normalized spacial score (nSPS) is 16.3. The molecule has 0 radical (unpaired) electrons. The molecule has 1 aromatic heterocycles. The third-order valence-corrected chi connectivity index (χ3v) is 5.66. The van der Waals surface area contributed by atoms with Crippen molar-refractivity contribution >= 4 is 36.5 Å². The minimum atomic E-state index is 0. The molecule has 0 unspecified atom stereocenters. The first kappa shape index (κ1) is 23.1. The number of guanidine groups is 1. The number of nitrogens with two attached hydrogens (primary N) is 1. The van der Waals surface area contributed by atoms with Crippen LogP contribution in [0.5, 0.6) is 5.75 Å². The Hall–Kier alpha value is -2.18. The lowest BCUT2D eigenvalue weighted by Gasteiger charge is -2.33. The van der Waals surface area contributed by atoms with Crippen LogP contribution in [-0.4, -0.2) is 42.1 Å². The van der Waals surface area contributed by atoms with Crippen LogP contribution in [0.3, 0.4) is 0 Å². The molecule has 1 fully saturated rings. The van der Waals surface area contributed by atoms with Crippen LogP contribution in [0.15, 0.2) is 42.7 Å². The van der Waals surface area contributed by atoms with Gasteiger partial charge in [-0.2, -0.15) is 0 Å². The van der Waals surface area contributed by atoms with Crippen LogP contribution >= 0.6 is 24.8 Å². The zero-order chi connectivity index (χ0) is 18.6. The molecule has 3 heterocycles. The zero-order valence-corrected chi connectivity index (χ0v) is 18.1. The fraction of sp³-hybridized carbons (Fsp3) is 0.429. The molecule has 29 heavy (non-hydrogen) atoms. The van der Waals surface area contributed by atoms with E-state index in [1.165, 1.54) is 16.8 Å². The van der Waals surface area contributed by atoms with Crippen molar-refractivity contribution in [3.63, 3.8) is 0 Å². The average molecular weight is 438 g/mol. The van der Waals surface area contributed by atoms with E-state index in [4.69, 9.17) is 15.9 Å². The molecule has 1 aromatic carbocycles. The highest BCUT2D eigenvalue weighted by molar-refractivity contribution is 5.85. The molecule has 158 valence electrons. The number of piperidine rings is 1. The Morgan fingerprint density at radius 1 is 1.07 bits per heavy atom. The lowest BCUT2D eigenvalue weighted by Crippen LogP contribution is -2.40. The van der Waals surface area contributed by atoms with Gasteiger partial charge in [0.2, 0.25) is 0 Å². The number of ether oxygens (including phenoxy) is 1. The molecule has 3 N–H and O–H groups in total. The Kier molecular flexibility index (Phi) is 8.41. The highest BCUT2D eigenvalue weighted by atomic mass is 35.5. The van der Waals surface area contributed by atoms with E-state index in [9.17, 15) is 0 Å².